The van der Waals surface area contributed by atoms with Crippen LogP contribution < -0.4 is 19.9 Å². The number of hydrogen-bond donors (Lipinski definition) is 2. The normalized spacial score (nSPS) is 21.3. The topological polar surface area (TPSA) is 108 Å². The zero-order valence-corrected chi connectivity index (χ0v) is 18.3. The number of benzene rings is 1. The molecule has 3 aliphatic rings. The van der Waals surface area contributed by atoms with Crippen molar-refractivity contribution in [3.63, 3.8) is 0 Å². The van der Waals surface area contributed by atoms with E-state index in [2.05, 4.69) is 15.3 Å². The van der Waals surface area contributed by atoms with Gasteiger partial charge in [0.15, 0.2) is 0 Å². The smallest absolute Gasteiger partial charge is 0.238 e. The second kappa shape index (κ2) is 8.11. The van der Waals surface area contributed by atoms with Gasteiger partial charge in [-0.1, -0.05) is 12.1 Å². The number of hydrogen-bond acceptors (Lipinski definition) is 7. The van der Waals surface area contributed by atoms with Crippen molar-refractivity contribution in [2.45, 2.75) is 31.4 Å². The molecule has 0 radical (unpaired) electrons. The first-order valence-corrected chi connectivity index (χ1v) is 11.3. The number of rotatable bonds is 4. The first-order valence-electron chi connectivity index (χ1n) is 11.3. The lowest BCUT2D eigenvalue weighted by atomic mass is 10.1. The number of pyridine rings is 2. The fourth-order valence-electron chi connectivity index (χ4n) is 4.76. The molecule has 0 aliphatic carbocycles. The van der Waals surface area contributed by atoms with E-state index in [1.54, 1.807) is 22.2 Å². The average molecular weight is 457 g/mol. The minimum Gasteiger partial charge on any atom is -0.474 e. The van der Waals surface area contributed by atoms with Crippen molar-refractivity contribution in [3.8, 4) is 17.0 Å². The molecule has 0 unspecified atom stereocenters. The number of anilines is 4. The summed E-state index contributed by atoms with van der Waals surface area (Å²) in [6.45, 7) is 0.815. The molecule has 2 fully saturated rings. The molecular weight excluding hydrogens is 434 g/mol. The van der Waals surface area contributed by atoms with E-state index in [1.165, 1.54) is 0 Å². The fraction of sp³-hybridized carbons (Fsp3) is 0.280. The maximum absolute atomic E-state index is 12.3. The summed E-state index contributed by atoms with van der Waals surface area (Å²) in [6, 6.07) is 13.4. The second-order valence-electron chi connectivity index (χ2n) is 8.78. The summed E-state index contributed by atoms with van der Waals surface area (Å²) in [5, 5.41) is 12.9. The van der Waals surface area contributed by atoms with Crippen molar-refractivity contribution in [2.24, 2.45) is 0 Å². The summed E-state index contributed by atoms with van der Waals surface area (Å²) in [4.78, 5) is 36.6. The maximum atomic E-state index is 12.3. The predicted octanol–water partition coefficient (Wildman–Crippen LogP) is 2.87. The number of amides is 2. The molecule has 0 spiro atoms. The van der Waals surface area contributed by atoms with E-state index in [4.69, 9.17) is 4.74 Å². The summed E-state index contributed by atoms with van der Waals surface area (Å²) < 4.78 is 5.73. The van der Waals surface area contributed by atoms with Gasteiger partial charge in [-0.3, -0.25) is 9.59 Å². The van der Waals surface area contributed by atoms with Crippen molar-refractivity contribution < 1.29 is 19.4 Å². The molecule has 2 saturated heterocycles. The predicted molar refractivity (Wildman–Crippen MR) is 126 cm³/mol. The fourth-order valence-corrected chi connectivity index (χ4v) is 4.76. The Kier molecular flexibility index (Phi) is 4.91. The number of aliphatic hydroxyl groups excluding tert-OH is 1. The van der Waals surface area contributed by atoms with Gasteiger partial charge in [0.25, 0.3) is 0 Å². The first-order chi connectivity index (χ1) is 16.5. The van der Waals surface area contributed by atoms with E-state index >= 15 is 0 Å². The molecular formula is C25H23N5O4. The highest BCUT2D eigenvalue weighted by atomic mass is 16.5. The summed E-state index contributed by atoms with van der Waals surface area (Å²) in [5.74, 6) is 1.17. The first kappa shape index (κ1) is 20.6. The molecule has 2 N–H and O–H groups in total. The highest BCUT2D eigenvalue weighted by Crippen LogP contribution is 2.39. The largest absolute Gasteiger partial charge is 0.474 e. The van der Waals surface area contributed by atoms with Gasteiger partial charge in [-0.2, -0.15) is 0 Å². The average Bonchev–Trinajstić information content (AvgIpc) is 3.41. The van der Waals surface area contributed by atoms with Gasteiger partial charge >= 0.3 is 0 Å². The lowest BCUT2D eigenvalue weighted by Crippen LogP contribution is -2.40. The van der Waals surface area contributed by atoms with Crippen LogP contribution in [0.2, 0.25) is 0 Å². The summed E-state index contributed by atoms with van der Waals surface area (Å²) in [7, 11) is 0. The molecule has 3 aromatic rings. The standard InChI is InChI=1S/C25H23N5O4/c31-20-10-24(33)29(13-20)18-4-1-15(2-5-18)16-3-7-22(26-11-16)28-17-9-21-25(27-12-17)34-14-19-6-8-23(32)30(19)21/h1-5,7,9,11-12,19-20,31H,6,8,10,13-14H2,(H,26,28)/t19-,20+/m0/s1. The van der Waals surface area contributed by atoms with Crippen LogP contribution in [0.4, 0.5) is 22.9 Å². The molecule has 6 rings (SSSR count). The van der Waals surface area contributed by atoms with Gasteiger partial charge in [0, 0.05) is 23.9 Å². The molecule has 9 heteroatoms. The van der Waals surface area contributed by atoms with Gasteiger partial charge in [-0.15, -0.1) is 0 Å². The third-order valence-electron chi connectivity index (χ3n) is 6.48. The number of aliphatic hydroxyl groups is 1. The number of nitrogens with zero attached hydrogens (tertiary/aromatic N) is 4. The lowest BCUT2D eigenvalue weighted by Gasteiger charge is -2.31. The van der Waals surface area contributed by atoms with Gasteiger partial charge in [0.1, 0.15) is 18.1 Å². The molecule has 2 amide bonds. The van der Waals surface area contributed by atoms with E-state index in [-0.39, 0.29) is 24.3 Å². The van der Waals surface area contributed by atoms with E-state index < -0.39 is 6.10 Å². The molecule has 0 bridgehead atoms. The van der Waals surface area contributed by atoms with Crippen LogP contribution in [-0.2, 0) is 9.59 Å². The monoisotopic (exact) mass is 457 g/mol. The van der Waals surface area contributed by atoms with E-state index in [1.807, 2.05) is 42.5 Å². The van der Waals surface area contributed by atoms with Gasteiger partial charge in [-0.05, 0) is 42.3 Å². The quantitative estimate of drug-likeness (QED) is 0.620. The zero-order valence-electron chi connectivity index (χ0n) is 18.3. The minimum atomic E-state index is -0.605. The van der Waals surface area contributed by atoms with Crippen LogP contribution in [0.5, 0.6) is 5.88 Å². The number of ether oxygens (including phenoxy) is 1. The van der Waals surface area contributed by atoms with Crippen LogP contribution in [0.1, 0.15) is 19.3 Å². The molecule has 3 aliphatic heterocycles. The van der Waals surface area contributed by atoms with Gasteiger partial charge in [-0.25, -0.2) is 9.97 Å². The second-order valence-corrected chi connectivity index (χ2v) is 8.78. The molecule has 2 aromatic heterocycles. The Morgan fingerprint density at radius 3 is 2.56 bits per heavy atom. The van der Waals surface area contributed by atoms with Crippen LogP contribution >= 0.6 is 0 Å². The minimum absolute atomic E-state index is 0.0646. The van der Waals surface area contributed by atoms with Crippen LogP contribution in [-0.4, -0.2) is 52.2 Å². The lowest BCUT2D eigenvalue weighted by molar-refractivity contribution is -0.118. The third-order valence-corrected chi connectivity index (χ3v) is 6.48. The van der Waals surface area contributed by atoms with Crippen molar-refractivity contribution in [1.29, 1.82) is 0 Å². The van der Waals surface area contributed by atoms with E-state index in [0.717, 1.165) is 28.9 Å². The summed E-state index contributed by atoms with van der Waals surface area (Å²) in [6.07, 6.45) is 4.34. The van der Waals surface area contributed by atoms with Crippen molar-refractivity contribution in [2.75, 3.05) is 28.3 Å². The Balaban J connectivity index is 1.17. The third kappa shape index (κ3) is 3.63. The van der Waals surface area contributed by atoms with Crippen molar-refractivity contribution in [3.05, 3.63) is 54.9 Å². The number of β-amino-alcohol motifs (C(OH)–C–C–N with tert-alkyl or cyclic N) is 1. The maximum Gasteiger partial charge on any atom is 0.238 e. The Morgan fingerprint density at radius 1 is 1.00 bits per heavy atom. The number of carbonyl (C=O) groups excluding carboxylic acids is 2. The molecule has 5 heterocycles. The van der Waals surface area contributed by atoms with E-state index in [0.29, 0.717) is 37.0 Å². The van der Waals surface area contributed by atoms with E-state index in [9.17, 15) is 14.7 Å². The van der Waals surface area contributed by atoms with Crippen molar-refractivity contribution >= 4 is 34.7 Å². The van der Waals surface area contributed by atoms with Crippen LogP contribution in [0.15, 0.2) is 54.9 Å². The van der Waals surface area contributed by atoms with Crippen LogP contribution in [0.25, 0.3) is 11.1 Å². The number of nitrogens with one attached hydrogen (secondary N) is 1. The Labute approximate surface area is 196 Å². The number of carbonyl (C=O) groups is 2. The van der Waals surface area contributed by atoms with Crippen LogP contribution in [0.3, 0.4) is 0 Å². The highest BCUT2D eigenvalue weighted by Gasteiger charge is 2.38. The van der Waals surface area contributed by atoms with Gasteiger partial charge in [0.05, 0.1) is 37.0 Å². The Hall–Kier alpha value is -3.98. The molecule has 34 heavy (non-hydrogen) atoms. The summed E-state index contributed by atoms with van der Waals surface area (Å²) >= 11 is 0. The molecule has 2 atom stereocenters. The number of aromatic nitrogens is 2. The SMILES string of the molecule is O=C1C[C@@H](O)CN1c1ccc(-c2ccc(Nc3cnc4c(c3)N3C(=O)CC[C@H]3CO4)nc2)cc1. The number of fused-ring (bicyclic) bond motifs is 3. The molecule has 9 nitrogen and oxygen atoms in total. The van der Waals surface area contributed by atoms with Gasteiger partial charge in [0.2, 0.25) is 17.7 Å². The van der Waals surface area contributed by atoms with Gasteiger partial charge < -0.3 is 25.0 Å². The molecule has 1 aromatic carbocycles. The molecule has 0 saturated carbocycles. The Morgan fingerprint density at radius 2 is 1.82 bits per heavy atom. The van der Waals surface area contributed by atoms with Crippen LogP contribution in [0, 0.1) is 0 Å². The van der Waals surface area contributed by atoms with Crippen molar-refractivity contribution in [1.82, 2.24) is 9.97 Å². The highest BCUT2D eigenvalue weighted by molar-refractivity contribution is 5.98. The Bertz CT molecular complexity index is 1260. The zero-order chi connectivity index (χ0) is 23.2. The summed E-state index contributed by atoms with van der Waals surface area (Å²) in [5.41, 5.74) is 4.11. The molecule has 172 valence electrons.